The van der Waals surface area contributed by atoms with Crippen molar-refractivity contribution in [3.63, 3.8) is 0 Å². The van der Waals surface area contributed by atoms with Gasteiger partial charge in [0.25, 0.3) is 0 Å². The number of hydrogen-bond donors (Lipinski definition) is 2. The van der Waals surface area contributed by atoms with Crippen LogP contribution < -0.4 is 5.32 Å². The average molecular weight is 290 g/mol. The van der Waals surface area contributed by atoms with E-state index in [1.54, 1.807) is 30.3 Å². The van der Waals surface area contributed by atoms with Gasteiger partial charge in [0.2, 0.25) is 5.91 Å². The third-order valence-corrected chi connectivity index (χ3v) is 3.04. The average Bonchev–Trinajstić information content (AvgIpc) is 2.38. The van der Waals surface area contributed by atoms with E-state index >= 15 is 0 Å². The van der Waals surface area contributed by atoms with Gasteiger partial charge in [-0.1, -0.05) is 29.8 Å². The Morgan fingerprint density at radius 3 is 2.45 bits per heavy atom. The zero-order chi connectivity index (χ0) is 14.7. The first kappa shape index (κ1) is 14.1. The van der Waals surface area contributed by atoms with Crippen LogP contribution in [0.2, 0.25) is 5.02 Å². The number of halogens is 1. The van der Waals surface area contributed by atoms with E-state index in [9.17, 15) is 9.59 Å². The molecule has 0 saturated carbocycles. The summed E-state index contributed by atoms with van der Waals surface area (Å²) in [6.45, 7) is 1.43. The lowest BCUT2D eigenvalue weighted by molar-refractivity contribution is -0.114. The molecule has 0 aromatic heterocycles. The molecule has 0 aliphatic carbocycles. The monoisotopic (exact) mass is 289 g/mol. The van der Waals surface area contributed by atoms with Gasteiger partial charge in [0.15, 0.2) is 0 Å². The Labute approximate surface area is 121 Å². The minimum atomic E-state index is -1.07. The van der Waals surface area contributed by atoms with Crippen LogP contribution in [0.25, 0.3) is 11.1 Å². The molecule has 1 amide bonds. The first-order valence-corrected chi connectivity index (χ1v) is 6.26. The summed E-state index contributed by atoms with van der Waals surface area (Å²) in [4.78, 5) is 22.1. The molecule has 2 N–H and O–H groups in total. The predicted octanol–water partition coefficient (Wildman–Crippen LogP) is 3.66. The third kappa shape index (κ3) is 3.16. The largest absolute Gasteiger partial charge is 0.478 e. The summed E-state index contributed by atoms with van der Waals surface area (Å²) in [5.41, 5.74) is 2.23. The quantitative estimate of drug-likeness (QED) is 0.906. The van der Waals surface area contributed by atoms with Crippen molar-refractivity contribution in [1.82, 2.24) is 0 Å². The van der Waals surface area contributed by atoms with Gasteiger partial charge in [-0.25, -0.2) is 4.79 Å². The highest BCUT2D eigenvalue weighted by atomic mass is 35.5. The summed E-state index contributed by atoms with van der Waals surface area (Å²) < 4.78 is 0. The number of carboxylic acids is 1. The highest BCUT2D eigenvalue weighted by Gasteiger charge is 2.10. The first-order chi connectivity index (χ1) is 9.47. The number of rotatable bonds is 3. The second-order valence-electron chi connectivity index (χ2n) is 4.26. The normalized spacial score (nSPS) is 10.1. The minimum Gasteiger partial charge on any atom is -0.478 e. The molecule has 102 valence electrons. The molecule has 0 spiro atoms. The maximum atomic E-state index is 11.1. The van der Waals surface area contributed by atoms with Crippen LogP contribution in [0.3, 0.4) is 0 Å². The first-order valence-electron chi connectivity index (χ1n) is 5.88. The topological polar surface area (TPSA) is 66.4 Å². The molecule has 0 fully saturated rings. The van der Waals surface area contributed by atoms with Gasteiger partial charge in [-0.15, -0.1) is 0 Å². The maximum absolute atomic E-state index is 11.1. The number of anilines is 1. The van der Waals surface area contributed by atoms with E-state index in [1.165, 1.54) is 13.0 Å². The van der Waals surface area contributed by atoms with Crippen molar-refractivity contribution in [2.24, 2.45) is 0 Å². The third-order valence-electron chi connectivity index (χ3n) is 2.71. The number of aromatic carboxylic acids is 1. The fourth-order valence-corrected chi connectivity index (χ4v) is 2.05. The van der Waals surface area contributed by atoms with Crippen LogP contribution in [0.15, 0.2) is 42.5 Å². The van der Waals surface area contributed by atoms with Crippen LogP contribution in [-0.4, -0.2) is 17.0 Å². The molecule has 20 heavy (non-hydrogen) atoms. The van der Waals surface area contributed by atoms with Gasteiger partial charge in [-0.05, 0) is 35.4 Å². The second-order valence-corrected chi connectivity index (χ2v) is 4.67. The molecular weight excluding hydrogens is 278 g/mol. The Morgan fingerprint density at radius 1 is 1.10 bits per heavy atom. The number of carbonyl (C=O) groups excluding carboxylic acids is 1. The van der Waals surface area contributed by atoms with Gasteiger partial charge >= 0.3 is 5.97 Å². The molecule has 0 heterocycles. The smallest absolute Gasteiger partial charge is 0.337 e. The van der Waals surface area contributed by atoms with Crippen molar-refractivity contribution >= 4 is 29.2 Å². The van der Waals surface area contributed by atoms with Crippen molar-refractivity contribution < 1.29 is 14.7 Å². The molecule has 0 unspecified atom stereocenters. The molecule has 0 radical (unpaired) electrons. The van der Waals surface area contributed by atoms with Gasteiger partial charge in [-0.2, -0.15) is 0 Å². The van der Waals surface area contributed by atoms with Crippen molar-refractivity contribution in [2.45, 2.75) is 6.92 Å². The maximum Gasteiger partial charge on any atom is 0.337 e. The standard InChI is InChI=1S/C15H12ClNO3/c1-9(18)17-12-4-2-3-10(7-12)11-5-6-14(16)13(8-11)15(19)20/h2-8H,1H3,(H,17,18)(H,19,20). The number of hydrogen-bond acceptors (Lipinski definition) is 2. The van der Waals surface area contributed by atoms with Crippen LogP contribution in [-0.2, 0) is 4.79 Å². The predicted molar refractivity (Wildman–Crippen MR) is 78.2 cm³/mol. The van der Waals surface area contributed by atoms with Gasteiger partial charge < -0.3 is 10.4 Å². The van der Waals surface area contributed by atoms with Gasteiger partial charge in [0.1, 0.15) is 0 Å². The minimum absolute atomic E-state index is 0.0501. The summed E-state index contributed by atoms with van der Waals surface area (Å²) >= 11 is 5.84. The van der Waals surface area contributed by atoms with E-state index in [4.69, 9.17) is 16.7 Å². The number of carbonyl (C=O) groups is 2. The van der Waals surface area contributed by atoms with Crippen LogP contribution in [0, 0.1) is 0 Å². The Balaban J connectivity index is 2.43. The van der Waals surface area contributed by atoms with Crippen LogP contribution in [0.1, 0.15) is 17.3 Å². The van der Waals surface area contributed by atoms with E-state index in [0.717, 1.165) is 11.1 Å². The molecule has 2 aromatic carbocycles. The molecule has 0 aliphatic heterocycles. The zero-order valence-corrected chi connectivity index (χ0v) is 11.4. The van der Waals surface area contributed by atoms with Crippen LogP contribution >= 0.6 is 11.6 Å². The highest BCUT2D eigenvalue weighted by molar-refractivity contribution is 6.33. The summed E-state index contributed by atoms with van der Waals surface area (Å²) in [7, 11) is 0. The summed E-state index contributed by atoms with van der Waals surface area (Å²) in [6, 6.07) is 12.0. The number of nitrogens with one attached hydrogen (secondary N) is 1. The van der Waals surface area contributed by atoms with E-state index in [0.29, 0.717) is 5.69 Å². The second kappa shape index (κ2) is 5.75. The van der Waals surface area contributed by atoms with E-state index < -0.39 is 5.97 Å². The number of benzene rings is 2. The lowest BCUT2D eigenvalue weighted by Crippen LogP contribution is -2.05. The van der Waals surface area contributed by atoms with Gasteiger partial charge in [0.05, 0.1) is 10.6 Å². The van der Waals surface area contributed by atoms with Crippen molar-refractivity contribution in [3.8, 4) is 11.1 Å². The Kier molecular flexibility index (Phi) is 4.05. The fraction of sp³-hybridized carbons (Fsp3) is 0.0667. The van der Waals surface area contributed by atoms with Gasteiger partial charge in [-0.3, -0.25) is 4.79 Å². The molecule has 0 aliphatic rings. The Hall–Kier alpha value is -2.33. The molecule has 0 saturated heterocycles. The van der Waals surface area contributed by atoms with Crippen molar-refractivity contribution in [2.75, 3.05) is 5.32 Å². The molecule has 5 heteroatoms. The van der Waals surface area contributed by atoms with E-state index in [1.807, 2.05) is 6.07 Å². The molecular formula is C15H12ClNO3. The van der Waals surface area contributed by atoms with Gasteiger partial charge in [0, 0.05) is 12.6 Å². The van der Waals surface area contributed by atoms with Crippen LogP contribution in [0.4, 0.5) is 5.69 Å². The van der Waals surface area contributed by atoms with E-state index in [2.05, 4.69) is 5.32 Å². The lowest BCUT2D eigenvalue weighted by atomic mass is 10.0. The summed E-state index contributed by atoms with van der Waals surface area (Å²) in [5, 5.41) is 11.9. The molecule has 0 atom stereocenters. The van der Waals surface area contributed by atoms with Crippen molar-refractivity contribution in [1.29, 1.82) is 0 Å². The lowest BCUT2D eigenvalue weighted by Gasteiger charge is -2.07. The van der Waals surface area contributed by atoms with Crippen LogP contribution in [0.5, 0.6) is 0 Å². The Bertz CT molecular complexity index is 683. The summed E-state index contributed by atoms with van der Waals surface area (Å²) in [6.07, 6.45) is 0. The Morgan fingerprint density at radius 2 is 1.80 bits per heavy atom. The van der Waals surface area contributed by atoms with E-state index in [-0.39, 0.29) is 16.5 Å². The zero-order valence-electron chi connectivity index (χ0n) is 10.7. The summed E-state index contributed by atoms with van der Waals surface area (Å²) in [5.74, 6) is -1.24. The molecule has 4 nitrogen and oxygen atoms in total. The highest BCUT2D eigenvalue weighted by Crippen LogP contribution is 2.27. The van der Waals surface area contributed by atoms with Crippen molar-refractivity contribution in [3.05, 3.63) is 53.1 Å². The molecule has 2 aromatic rings. The number of amides is 1. The SMILES string of the molecule is CC(=O)Nc1cccc(-c2ccc(Cl)c(C(=O)O)c2)c1. The number of carboxylic acid groups (broad SMARTS) is 1. The molecule has 0 bridgehead atoms. The molecule has 2 rings (SSSR count). The fourth-order valence-electron chi connectivity index (χ4n) is 1.85.